The van der Waals surface area contributed by atoms with Gasteiger partial charge in [0.2, 0.25) is 0 Å². The summed E-state index contributed by atoms with van der Waals surface area (Å²) in [5.41, 5.74) is 0.359. The number of amides is 2. The largest absolute Gasteiger partial charge is 0.347 e. The highest BCUT2D eigenvalue weighted by Crippen LogP contribution is 2.37. The Hall–Kier alpha value is -1.99. The van der Waals surface area contributed by atoms with Gasteiger partial charge >= 0.3 is 11.8 Å². The third kappa shape index (κ3) is 4.10. The number of ether oxygens (including phenoxy) is 2. The summed E-state index contributed by atoms with van der Waals surface area (Å²) in [6.45, 7) is 0.636. The zero-order valence-corrected chi connectivity index (χ0v) is 13.3. The fraction of sp³-hybridized carbons (Fsp3) is 0.529. The Morgan fingerprint density at radius 1 is 1.12 bits per heavy atom. The first-order chi connectivity index (χ1) is 11.6. The number of anilines is 1. The molecule has 0 bridgehead atoms. The Kier molecular flexibility index (Phi) is 5.11. The van der Waals surface area contributed by atoms with Crippen LogP contribution in [0.15, 0.2) is 24.3 Å². The van der Waals surface area contributed by atoms with Crippen molar-refractivity contribution in [1.82, 2.24) is 5.32 Å². The quantitative estimate of drug-likeness (QED) is 0.827. The Morgan fingerprint density at radius 2 is 1.83 bits per heavy atom. The molecule has 6 nitrogen and oxygen atoms in total. The summed E-state index contributed by atoms with van der Waals surface area (Å²) in [6, 6.07) is 5.20. The second-order valence-electron chi connectivity index (χ2n) is 6.19. The number of nitrogens with one attached hydrogen (secondary N) is 2. The van der Waals surface area contributed by atoms with Gasteiger partial charge in [-0.05, 0) is 37.1 Å². The van der Waals surface area contributed by atoms with Crippen LogP contribution in [0.3, 0.4) is 0 Å². The first-order valence-electron chi connectivity index (χ1n) is 8.23. The standard InChI is InChI=1S/C17H21FN2O4/c18-12-4-6-13(7-5-12)20-16(22)15(21)19-10-14-11-23-17(24-14)8-2-1-3-9-17/h4-7,14H,1-3,8-11H2,(H,19,21)(H,20,22)/t14-/m0/s1. The lowest BCUT2D eigenvalue weighted by Crippen LogP contribution is -2.41. The molecule has 2 amide bonds. The number of benzene rings is 1. The van der Waals surface area contributed by atoms with Crippen molar-refractivity contribution >= 4 is 17.5 Å². The molecule has 0 unspecified atom stereocenters. The molecular weight excluding hydrogens is 315 g/mol. The van der Waals surface area contributed by atoms with Gasteiger partial charge in [0.1, 0.15) is 11.9 Å². The zero-order valence-electron chi connectivity index (χ0n) is 13.3. The Balaban J connectivity index is 1.43. The van der Waals surface area contributed by atoms with Crippen LogP contribution in [0.1, 0.15) is 32.1 Å². The molecule has 2 aliphatic rings. The molecule has 7 heteroatoms. The number of carbonyl (C=O) groups is 2. The third-order valence-electron chi connectivity index (χ3n) is 4.33. The molecule has 1 heterocycles. The summed E-state index contributed by atoms with van der Waals surface area (Å²) in [5, 5.41) is 4.96. The SMILES string of the molecule is O=C(NC[C@H]1COC2(CCCCC2)O1)C(=O)Nc1ccc(F)cc1. The van der Waals surface area contributed by atoms with Crippen LogP contribution in [0.25, 0.3) is 0 Å². The molecule has 1 aliphatic heterocycles. The normalized spacial score (nSPS) is 22.3. The van der Waals surface area contributed by atoms with E-state index in [0.29, 0.717) is 12.3 Å². The minimum absolute atomic E-state index is 0.220. The van der Waals surface area contributed by atoms with E-state index in [0.717, 1.165) is 25.7 Å². The lowest BCUT2D eigenvalue weighted by Gasteiger charge is -2.31. The van der Waals surface area contributed by atoms with E-state index >= 15 is 0 Å². The van der Waals surface area contributed by atoms with E-state index in [4.69, 9.17) is 9.47 Å². The second-order valence-corrected chi connectivity index (χ2v) is 6.19. The van der Waals surface area contributed by atoms with Gasteiger partial charge in [-0.15, -0.1) is 0 Å². The molecule has 2 N–H and O–H groups in total. The van der Waals surface area contributed by atoms with Crippen LogP contribution < -0.4 is 10.6 Å². The lowest BCUT2D eigenvalue weighted by atomic mass is 9.94. The van der Waals surface area contributed by atoms with Crippen molar-refractivity contribution in [1.29, 1.82) is 0 Å². The van der Waals surface area contributed by atoms with Gasteiger partial charge in [-0.1, -0.05) is 6.42 Å². The van der Waals surface area contributed by atoms with E-state index in [1.165, 1.54) is 30.7 Å². The Morgan fingerprint density at radius 3 is 2.54 bits per heavy atom. The van der Waals surface area contributed by atoms with E-state index < -0.39 is 23.4 Å². The molecule has 1 saturated carbocycles. The second kappa shape index (κ2) is 7.27. The van der Waals surface area contributed by atoms with Crippen LogP contribution in [0.2, 0.25) is 0 Å². The number of carbonyl (C=O) groups excluding carboxylic acids is 2. The van der Waals surface area contributed by atoms with Crippen molar-refractivity contribution in [3.63, 3.8) is 0 Å². The van der Waals surface area contributed by atoms with Gasteiger partial charge < -0.3 is 20.1 Å². The van der Waals surface area contributed by atoms with Crippen molar-refractivity contribution < 1.29 is 23.5 Å². The average molecular weight is 336 g/mol. The highest BCUT2D eigenvalue weighted by atomic mass is 19.1. The first kappa shape index (κ1) is 16.9. The van der Waals surface area contributed by atoms with Crippen molar-refractivity contribution in [2.24, 2.45) is 0 Å². The number of hydrogen-bond acceptors (Lipinski definition) is 4. The molecule has 1 aromatic carbocycles. The van der Waals surface area contributed by atoms with Crippen molar-refractivity contribution in [3.8, 4) is 0 Å². The molecular formula is C17H21FN2O4. The predicted molar refractivity (Wildman–Crippen MR) is 84.7 cm³/mol. The number of hydrogen-bond donors (Lipinski definition) is 2. The topological polar surface area (TPSA) is 76.7 Å². The molecule has 130 valence electrons. The molecule has 3 rings (SSSR count). The monoisotopic (exact) mass is 336 g/mol. The summed E-state index contributed by atoms with van der Waals surface area (Å²) in [5.74, 6) is -2.46. The summed E-state index contributed by atoms with van der Waals surface area (Å²) < 4.78 is 24.5. The van der Waals surface area contributed by atoms with Crippen molar-refractivity contribution in [3.05, 3.63) is 30.1 Å². The molecule has 1 saturated heterocycles. The maximum Gasteiger partial charge on any atom is 0.313 e. The summed E-state index contributed by atoms with van der Waals surface area (Å²) in [4.78, 5) is 23.7. The smallest absolute Gasteiger partial charge is 0.313 e. The Labute approximate surface area is 139 Å². The molecule has 1 aliphatic carbocycles. The molecule has 1 aromatic rings. The summed E-state index contributed by atoms with van der Waals surface area (Å²) in [7, 11) is 0. The van der Waals surface area contributed by atoms with E-state index in [9.17, 15) is 14.0 Å². The fourth-order valence-electron chi connectivity index (χ4n) is 3.08. The van der Waals surface area contributed by atoms with Gasteiger partial charge in [0, 0.05) is 25.1 Å². The maximum atomic E-state index is 12.8. The average Bonchev–Trinajstić information content (AvgIpc) is 2.98. The number of halogens is 1. The van der Waals surface area contributed by atoms with E-state index in [2.05, 4.69) is 10.6 Å². The van der Waals surface area contributed by atoms with Gasteiger partial charge in [0.05, 0.1) is 6.61 Å². The van der Waals surface area contributed by atoms with Crippen LogP contribution in [0, 0.1) is 5.82 Å². The minimum atomic E-state index is -0.798. The van der Waals surface area contributed by atoms with E-state index in [1.807, 2.05) is 0 Å². The van der Waals surface area contributed by atoms with E-state index in [1.54, 1.807) is 0 Å². The molecule has 0 aromatic heterocycles. The van der Waals surface area contributed by atoms with Crippen LogP contribution in [0.4, 0.5) is 10.1 Å². The maximum absolute atomic E-state index is 12.8. The molecule has 1 atom stereocenters. The third-order valence-corrected chi connectivity index (χ3v) is 4.33. The van der Waals surface area contributed by atoms with Crippen LogP contribution in [-0.4, -0.2) is 36.9 Å². The van der Waals surface area contributed by atoms with Gasteiger partial charge in [-0.3, -0.25) is 9.59 Å². The van der Waals surface area contributed by atoms with Crippen molar-refractivity contribution in [2.75, 3.05) is 18.5 Å². The highest BCUT2D eigenvalue weighted by molar-refractivity contribution is 6.39. The van der Waals surface area contributed by atoms with Crippen LogP contribution in [-0.2, 0) is 19.1 Å². The Bertz CT molecular complexity index is 599. The molecule has 1 spiro atoms. The molecule has 0 radical (unpaired) electrons. The fourth-order valence-corrected chi connectivity index (χ4v) is 3.08. The predicted octanol–water partition coefficient (Wildman–Crippen LogP) is 1.96. The number of rotatable bonds is 3. The van der Waals surface area contributed by atoms with E-state index in [-0.39, 0.29) is 12.6 Å². The van der Waals surface area contributed by atoms with Crippen LogP contribution in [0.5, 0.6) is 0 Å². The first-order valence-corrected chi connectivity index (χ1v) is 8.23. The van der Waals surface area contributed by atoms with Crippen LogP contribution >= 0.6 is 0 Å². The highest BCUT2D eigenvalue weighted by Gasteiger charge is 2.42. The van der Waals surface area contributed by atoms with Gasteiger partial charge in [-0.25, -0.2) is 4.39 Å². The van der Waals surface area contributed by atoms with Gasteiger partial charge in [-0.2, -0.15) is 0 Å². The van der Waals surface area contributed by atoms with Gasteiger partial charge in [0.25, 0.3) is 0 Å². The zero-order chi connectivity index (χ0) is 17.0. The van der Waals surface area contributed by atoms with Crippen molar-refractivity contribution in [2.45, 2.75) is 44.0 Å². The minimum Gasteiger partial charge on any atom is -0.347 e. The molecule has 2 fully saturated rings. The summed E-state index contributed by atoms with van der Waals surface area (Å²) in [6.07, 6.45) is 4.87. The lowest BCUT2D eigenvalue weighted by molar-refractivity contribution is -0.186. The summed E-state index contributed by atoms with van der Waals surface area (Å²) >= 11 is 0. The molecule has 24 heavy (non-hydrogen) atoms. The van der Waals surface area contributed by atoms with Gasteiger partial charge in [0.15, 0.2) is 5.79 Å².